The molecule has 0 saturated heterocycles. The van der Waals surface area contributed by atoms with Crippen molar-refractivity contribution in [3.63, 3.8) is 0 Å². The Morgan fingerprint density at radius 1 is 1.36 bits per heavy atom. The predicted molar refractivity (Wildman–Crippen MR) is 49.8 cm³/mol. The van der Waals surface area contributed by atoms with Crippen LogP contribution in [0.4, 0.5) is 0 Å². The van der Waals surface area contributed by atoms with Crippen molar-refractivity contribution in [2.45, 2.75) is 26.9 Å². The van der Waals surface area contributed by atoms with Crippen molar-refractivity contribution in [1.29, 1.82) is 0 Å². The molecule has 0 radical (unpaired) electrons. The van der Waals surface area contributed by atoms with Crippen LogP contribution < -0.4 is 0 Å². The van der Waals surface area contributed by atoms with Crippen molar-refractivity contribution in [2.75, 3.05) is 7.11 Å². The van der Waals surface area contributed by atoms with Crippen LogP contribution in [0.15, 0.2) is 11.6 Å². The highest BCUT2D eigenvalue weighted by atomic mass is 35.5. The Morgan fingerprint density at radius 3 is 2.09 bits per heavy atom. The molecule has 1 unspecified atom stereocenters. The van der Waals surface area contributed by atoms with Gasteiger partial charge in [0.25, 0.3) is 0 Å². The fraction of sp³-hybridized carbons (Fsp3) is 0.778. The topological polar surface area (TPSA) is 9.23 Å². The molecule has 0 aromatic carbocycles. The van der Waals surface area contributed by atoms with Crippen LogP contribution in [-0.2, 0) is 4.74 Å². The molecule has 0 aliphatic heterocycles. The molecule has 2 heteroatoms. The Balaban J connectivity index is 4.00. The second-order valence-corrected chi connectivity index (χ2v) is 3.52. The SMILES string of the molecule is C=C(Cl)C(C)[C@@H](C)[C@@H](C)OC. The molecule has 3 atom stereocenters. The smallest absolute Gasteiger partial charge is 0.0574 e. The van der Waals surface area contributed by atoms with Crippen LogP contribution in [0.25, 0.3) is 0 Å². The molecule has 0 rings (SSSR count). The van der Waals surface area contributed by atoms with Gasteiger partial charge in [-0.2, -0.15) is 0 Å². The van der Waals surface area contributed by atoms with E-state index in [2.05, 4.69) is 20.4 Å². The van der Waals surface area contributed by atoms with E-state index in [-0.39, 0.29) is 6.10 Å². The Morgan fingerprint density at radius 2 is 1.82 bits per heavy atom. The van der Waals surface area contributed by atoms with E-state index in [1.807, 2.05) is 6.92 Å². The lowest BCUT2D eigenvalue weighted by Crippen LogP contribution is -2.22. The monoisotopic (exact) mass is 176 g/mol. The molecule has 0 aliphatic rings. The lowest BCUT2D eigenvalue weighted by molar-refractivity contribution is 0.0597. The molecule has 0 spiro atoms. The van der Waals surface area contributed by atoms with E-state index in [0.29, 0.717) is 16.9 Å². The fourth-order valence-corrected chi connectivity index (χ4v) is 1.11. The zero-order chi connectivity index (χ0) is 9.02. The van der Waals surface area contributed by atoms with Crippen molar-refractivity contribution in [1.82, 2.24) is 0 Å². The number of halogens is 1. The van der Waals surface area contributed by atoms with Crippen LogP contribution in [0.5, 0.6) is 0 Å². The largest absolute Gasteiger partial charge is 0.381 e. The summed E-state index contributed by atoms with van der Waals surface area (Å²) in [5, 5.41) is 0.710. The van der Waals surface area contributed by atoms with E-state index in [4.69, 9.17) is 16.3 Å². The van der Waals surface area contributed by atoms with Crippen LogP contribution >= 0.6 is 11.6 Å². The maximum Gasteiger partial charge on any atom is 0.0574 e. The van der Waals surface area contributed by atoms with Gasteiger partial charge in [0.05, 0.1) is 6.10 Å². The van der Waals surface area contributed by atoms with Crippen molar-refractivity contribution < 1.29 is 4.74 Å². The lowest BCUT2D eigenvalue weighted by Gasteiger charge is -2.24. The molecule has 0 bridgehead atoms. The maximum absolute atomic E-state index is 5.77. The van der Waals surface area contributed by atoms with Crippen LogP contribution in [0, 0.1) is 11.8 Å². The van der Waals surface area contributed by atoms with Gasteiger partial charge in [0.1, 0.15) is 0 Å². The number of allylic oxidation sites excluding steroid dienone is 1. The van der Waals surface area contributed by atoms with Crippen molar-refractivity contribution in [2.24, 2.45) is 11.8 Å². The second kappa shape index (κ2) is 4.78. The standard InChI is InChI=1S/C9H17ClO/c1-6(8(3)10)7(2)9(4)11-5/h6-7,9H,3H2,1-2,4-5H3/t6?,7-,9-/m1/s1. The summed E-state index contributed by atoms with van der Waals surface area (Å²) in [5.74, 6) is 0.733. The van der Waals surface area contributed by atoms with E-state index in [9.17, 15) is 0 Å². The number of methoxy groups -OCH3 is 1. The Bertz CT molecular complexity index is 134. The zero-order valence-corrected chi connectivity index (χ0v) is 8.48. The van der Waals surface area contributed by atoms with Gasteiger partial charge in [0.15, 0.2) is 0 Å². The van der Waals surface area contributed by atoms with Crippen LogP contribution in [0.2, 0.25) is 0 Å². The summed E-state index contributed by atoms with van der Waals surface area (Å²) in [4.78, 5) is 0. The molecule has 0 heterocycles. The highest BCUT2D eigenvalue weighted by Gasteiger charge is 2.19. The lowest BCUT2D eigenvalue weighted by atomic mass is 9.91. The second-order valence-electron chi connectivity index (χ2n) is 3.04. The van der Waals surface area contributed by atoms with E-state index < -0.39 is 0 Å². The average molecular weight is 177 g/mol. The quantitative estimate of drug-likeness (QED) is 0.640. The molecule has 0 amide bonds. The summed E-state index contributed by atoms with van der Waals surface area (Å²) in [6, 6.07) is 0. The molecule has 0 N–H and O–H groups in total. The van der Waals surface area contributed by atoms with Gasteiger partial charge in [0, 0.05) is 12.1 Å². The molecule has 0 aromatic rings. The third kappa shape index (κ3) is 3.26. The summed E-state index contributed by atoms with van der Waals surface area (Å²) in [5.41, 5.74) is 0. The molecular weight excluding hydrogens is 160 g/mol. The van der Waals surface area contributed by atoms with Crippen molar-refractivity contribution in [3.8, 4) is 0 Å². The number of hydrogen-bond acceptors (Lipinski definition) is 1. The third-order valence-electron chi connectivity index (χ3n) is 2.39. The van der Waals surface area contributed by atoms with Gasteiger partial charge >= 0.3 is 0 Å². The Kier molecular flexibility index (Phi) is 4.78. The Labute approximate surface area is 74.4 Å². The minimum absolute atomic E-state index is 0.237. The van der Waals surface area contributed by atoms with Crippen molar-refractivity contribution in [3.05, 3.63) is 11.6 Å². The van der Waals surface area contributed by atoms with Gasteiger partial charge in [-0.3, -0.25) is 0 Å². The summed E-state index contributed by atoms with van der Waals surface area (Å²) in [6.45, 7) is 9.93. The highest BCUT2D eigenvalue weighted by molar-refractivity contribution is 6.29. The van der Waals surface area contributed by atoms with Gasteiger partial charge < -0.3 is 4.74 Å². The molecule has 0 fully saturated rings. The van der Waals surface area contributed by atoms with Gasteiger partial charge in [0.2, 0.25) is 0 Å². The minimum Gasteiger partial charge on any atom is -0.381 e. The van der Waals surface area contributed by atoms with E-state index >= 15 is 0 Å². The molecule has 11 heavy (non-hydrogen) atoms. The van der Waals surface area contributed by atoms with Gasteiger partial charge in [-0.15, -0.1) is 0 Å². The first-order valence-corrected chi connectivity index (χ1v) is 4.25. The molecular formula is C9H17ClO. The molecule has 0 saturated carbocycles. The average Bonchev–Trinajstić information content (AvgIpc) is 2.00. The predicted octanol–water partition coefficient (Wildman–Crippen LogP) is 3.05. The fourth-order valence-electron chi connectivity index (χ4n) is 0.906. The number of rotatable bonds is 4. The van der Waals surface area contributed by atoms with E-state index in [1.165, 1.54) is 0 Å². The summed E-state index contributed by atoms with van der Waals surface area (Å²) in [6.07, 6.45) is 0.237. The Hall–Kier alpha value is -0.0100. The first-order chi connectivity index (χ1) is 5.00. The summed E-state index contributed by atoms with van der Waals surface area (Å²) in [7, 11) is 1.71. The molecule has 0 aromatic heterocycles. The van der Waals surface area contributed by atoms with Crippen LogP contribution in [0.1, 0.15) is 20.8 Å². The van der Waals surface area contributed by atoms with Gasteiger partial charge in [-0.05, 0) is 18.8 Å². The first-order valence-electron chi connectivity index (χ1n) is 3.87. The first kappa shape index (κ1) is 11.0. The zero-order valence-electron chi connectivity index (χ0n) is 7.73. The third-order valence-corrected chi connectivity index (χ3v) is 2.74. The molecule has 1 nitrogen and oxygen atoms in total. The highest BCUT2D eigenvalue weighted by Crippen LogP contribution is 2.25. The van der Waals surface area contributed by atoms with E-state index in [1.54, 1.807) is 7.11 Å². The van der Waals surface area contributed by atoms with Gasteiger partial charge in [-0.25, -0.2) is 0 Å². The number of hydrogen-bond donors (Lipinski definition) is 0. The minimum atomic E-state index is 0.237. The van der Waals surface area contributed by atoms with E-state index in [0.717, 1.165) is 0 Å². The van der Waals surface area contributed by atoms with Crippen LogP contribution in [0.3, 0.4) is 0 Å². The molecule has 66 valence electrons. The van der Waals surface area contributed by atoms with Gasteiger partial charge in [-0.1, -0.05) is 32.0 Å². The van der Waals surface area contributed by atoms with Crippen molar-refractivity contribution >= 4 is 11.6 Å². The summed E-state index contributed by atoms with van der Waals surface area (Å²) >= 11 is 5.77. The summed E-state index contributed by atoms with van der Waals surface area (Å²) < 4.78 is 5.18. The molecule has 0 aliphatic carbocycles. The normalized spacial score (nSPS) is 19.0. The number of ether oxygens (including phenoxy) is 1. The van der Waals surface area contributed by atoms with Crippen LogP contribution in [-0.4, -0.2) is 13.2 Å². The maximum atomic E-state index is 5.77.